The lowest BCUT2D eigenvalue weighted by molar-refractivity contribution is 0.179. The van der Waals surface area contributed by atoms with Crippen molar-refractivity contribution in [2.75, 3.05) is 26.7 Å². The van der Waals surface area contributed by atoms with E-state index in [0.717, 1.165) is 30.7 Å². The lowest BCUT2D eigenvalue weighted by Crippen LogP contribution is -2.47. The van der Waals surface area contributed by atoms with Crippen molar-refractivity contribution in [1.82, 2.24) is 19.8 Å². The van der Waals surface area contributed by atoms with Gasteiger partial charge in [0.05, 0.1) is 6.54 Å². The van der Waals surface area contributed by atoms with Gasteiger partial charge in [0, 0.05) is 26.0 Å². The third-order valence-electron chi connectivity index (χ3n) is 3.55. The van der Waals surface area contributed by atoms with Crippen molar-refractivity contribution in [3.05, 3.63) is 18.2 Å². The van der Waals surface area contributed by atoms with E-state index in [9.17, 15) is 0 Å². The smallest absolute Gasteiger partial charge is 0.122 e. The Morgan fingerprint density at radius 2 is 2.38 bits per heavy atom. The van der Waals surface area contributed by atoms with Crippen LogP contribution in [-0.2, 0) is 13.6 Å². The van der Waals surface area contributed by atoms with Gasteiger partial charge in [-0.15, -0.1) is 0 Å². The largest absolute Gasteiger partial charge is 0.337 e. The standard InChI is InChI=1S/C12H22N4/c1-10(11-6-13-7-11)8-15(2)9-12-14-4-5-16(12)3/h4-5,10-11,13H,6-9H2,1-3H3. The topological polar surface area (TPSA) is 33.1 Å². The van der Waals surface area contributed by atoms with Crippen LogP contribution in [0.1, 0.15) is 12.7 Å². The molecule has 4 nitrogen and oxygen atoms in total. The van der Waals surface area contributed by atoms with Gasteiger partial charge in [-0.2, -0.15) is 0 Å². The summed E-state index contributed by atoms with van der Waals surface area (Å²) in [6, 6.07) is 0. The molecule has 1 unspecified atom stereocenters. The monoisotopic (exact) mass is 222 g/mol. The van der Waals surface area contributed by atoms with E-state index < -0.39 is 0 Å². The molecule has 1 atom stereocenters. The van der Waals surface area contributed by atoms with Crippen molar-refractivity contribution in [1.29, 1.82) is 0 Å². The molecule has 0 saturated carbocycles. The predicted octanol–water partition coefficient (Wildman–Crippen LogP) is 0.707. The third-order valence-corrected chi connectivity index (χ3v) is 3.55. The fraction of sp³-hybridized carbons (Fsp3) is 0.750. The Morgan fingerprint density at radius 1 is 1.62 bits per heavy atom. The SMILES string of the molecule is CC(CN(C)Cc1nccn1C)C1CNC1. The molecule has 0 spiro atoms. The maximum atomic E-state index is 4.35. The lowest BCUT2D eigenvalue weighted by Gasteiger charge is -2.34. The molecular weight excluding hydrogens is 200 g/mol. The summed E-state index contributed by atoms with van der Waals surface area (Å²) in [7, 11) is 4.23. The molecule has 0 amide bonds. The highest BCUT2D eigenvalue weighted by Gasteiger charge is 2.24. The fourth-order valence-corrected chi connectivity index (χ4v) is 2.21. The van der Waals surface area contributed by atoms with Gasteiger partial charge in [0.15, 0.2) is 0 Å². The first-order valence-corrected chi connectivity index (χ1v) is 6.02. The summed E-state index contributed by atoms with van der Waals surface area (Å²) in [4.78, 5) is 6.72. The second kappa shape index (κ2) is 4.97. The molecule has 0 aromatic carbocycles. The predicted molar refractivity (Wildman–Crippen MR) is 65.1 cm³/mol. The van der Waals surface area contributed by atoms with E-state index in [1.54, 1.807) is 0 Å². The highest BCUT2D eigenvalue weighted by atomic mass is 15.2. The fourth-order valence-electron chi connectivity index (χ4n) is 2.21. The average molecular weight is 222 g/mol. The molecule has 0 aliphatic carbocycles. The summed E-state index contributed by atoms with van der Waals surface area (Å²) >= 11 is 0. The number of aryl methyl sites for hydroxylation is 1. The van der Waals surface area contributed by atoms with Crippen molar-refractivity contribution in [3.8, 4) is 0 Å². The van der Waals surface area contributed by atoms with Gasteiger partial charge in [-0.05, 0) is 32.0 Å². The molecule has 0 radical (unpaired) electrons. The molecule has 2 heterocycles. The van der Waals surface area contributed by atoms with E-state index in [0.29, 0.717) is 0 Å². The van der Waals surface area contributed by atoms with Gasteiger partial charge in [0.1, 0.15) is 5.82 Å². The van der Waals surface area contributed by atoms with E-state index >= 15 is 0 Å². The first-order valence-electron chi connectivity index (χ1n) is 6.02. The van der Waals surface area contributed by atoms with E-state index in [1.807, 2.05) is 12.4 Å². The maximum absolute atomic E-state index is 4.35. The van der Waals surface area contributed by atoms with Crippen molar-refractivity contribution in [2.45, 2.75) is 13.5 Å². The van der Waals surface area contributed by atoms with Crippen molar-refractivity contribution >= 4 is 0 Å². The van der Waals surface area contributed by atoms with Crippen LogP contribution in [0.5, 0.6) is 0 Å². The molecule has 1 fully saturated rings. The Balaban J connectivity index is 1.79. The molecule has 1 saturated heterocycles. The van der Waals surface area contributed by atoms with Gasteiger partial charge < -0.3 is 9.88 Å². The summed E-state index contributed by atoms with van der Waals surface area (Å²) in [5.74, 6) is 2.77. The normalized spacial score (nSPS) is 18.8. The van der Waals surface area contributed by atoms with E-state index in [1.165, 1.54) is 13.1 Å². The van der Waals surface area contributed by atoms with E-state index in [2.05, 4.69) is 40.8 Å². The average Bonchev–Trinajstić information content (AvgIpc) is 2.48. The molecule has 1 N–H and O–H groups in total. The quantitative estimate of drug-likeness (QED) is 0.796. The van der Waals surface area contributed by atoms with Gasteiger partial charge in [0.2, 0.25) is 0 Å². The van der Waals surface area contributed by atoms with Gasteiger partial charge in [-0.3, -0.25) is 4.90 Å². The van der Waals surface area contributed by atoms with Crippen molar-refractivity contribution in [3.63, 3.8) is 0 Å². The summed E-state index contributed by atoms with van der Waals surface area (Å²) in [6.45, 7) is 6.82. The van der Waals surface area contributed by atoms with E-state index in [4.69, 9.17) is 0 Å². The van der Waals surface area contributed by atoms with Crippen LogP contribution in [0.15, 0.2) is 12.4 Å². The minimum absolute atomic E-state index is 0.770. The molecule has 1 aliphatic rings. The number of rotatable bonds is 5. The maximum Gasteiger partial charge on any atom is 0.122 e. The summed E-state index contributed by atoms with van der Waals surface area (Å²) in [5, 5.41) is 3.34. The number of aromatic nitrogens is 2. The first kappa shape index (κ1) is 11.6. The van der Waals surface area contributed by atoms with E-state index in [-0.39, 0.29) is 0 Å². The molecule has 1 aromatic rings. The molecule has 2 rings (SSSR count). The van der Waals surface area contributed by atoms with Crippen molar-refractivity contribution < 1.29 is 0 Å². The molecule has 16 heavy (non-hydrogen) atoms. The van der Waals surface area contributed by atoms with Crippen LogP contribution >= 0.6 is 0 Å². The molecule has 0 bridgehead atoms. The molecule has 4 heteroatoms. The van der Waals surface area contributed by atoms with Gasteiger partial charge >= 0.3 is 0 Å². The molecule has 1 aliphatic heterocycles. The number of nitrogens with one attached hydrogen (secondary N) is 1. The van der Waals surface area contributed by atoms with Crippen LogP contribution in [0.3, 0.4) is 0 Å². The molecular formula is C12H22N4. The summed E-state index contributed by atoms with van der Waals surface area (Å²) < 4.78 is 2.09. The highest BCUT2D eigenvalue weighted by molar-refractivity contribution is 4.91. The van der Waals surface area contributed by atoms with Crippen LogP contribution in [0.2, 0.25) is 0 Å². The van der Waals surface area contributed by atoms with Crippen LogP contribution in [-0.4, -0.2) is 41.1 Å². The minimum atomic E-state index is 0.770. The third kappa shape index (κ3) is 2.62. The number of nitrogens with zero attached hydrogens (tertiary/aromatic N) is 3. The molecule has 90 valence electrons. The van der Waals surface area contributed by atoms with Crippen molar-refractivity contribution in [2.24, 2.45) is 18.9 Å². The summed E-state index contributed by atoms with van der Waals surface area (Å²) in [6.07, 6.45) is 3.87. The van der Waals surface area contributed by atoms with Crippen LogP contribution in [0.25, 0.3) is 0 Å². The second-order valence-electron chi connectivity index (χ2n) is 5.05. The Hall–Kier alpha value is -0.870. The minimum Gasteiger partial charge on any atom is -0.337 e. The zero-order valence-electron chi connectivity index (χ0n) is 10.5. The Bertz CT molecular complexity index is 330. The molecule has 1 aromatic heterocycles. The Labute approximate surface area is 97.7 Å². The summed E-state index contributed by atoms with van der Waals surface area (Å²) in [5.41, 5.74) is 0. The number of imidazole rings is 1. The van der Waals surface area contributed by atoms with Crippen LogP contribution in [0.4, 0.5) is 0 Å². The second-order valence-corrected chi connectivity index (χ2v) is 5.05. The lowest BCUT2D eigenvalue weighted by atomic mass is 9.89. The van der Waals surface area contributed by atoms with Gasteiger partial charge in [0.25, 0.3) is 0 Å². The zero-order valence-corrected chi connectivity index (χ0v) is 10.5. The van der Waals surface area contributed by atoms with Gasteiger partial charge in [-0.25, -0.2) is 4.98 Å². The first-order chi connectivity index (χ1) is 7.66. The van der Waals surface area contributed by atoms with Crippen LogP contribution < -0.4 is 5.32 Å². The highest BCUT2D eigenvalue weighted by Crippen LogP contribution is 2.17. The zero-order chi connectivity index (χ0) is 11.5. The number of hydrogen-bond acceptors (Lipinski definition) is 3. The van der Waals surface area contributed by atoms with Crippen LogP contribution in [0, 0.1) is 11.8 Å². The number of hydrogen-bond donors (Lipinski definition) is 1. The Morgan fingerprint density at radius 3 is 2.88 bits per heavy atom. The Kier molecular flexibility index (Phi) is 3.61. The van der Waals surface area contributed by atoms with Gasteiger partial charge in [-0.1, -0.05) is 6.92 Å².